The Morgan fingerprint density at radius 3 is 1.89 bits per heavy atom. The van der Waals surface area contributed by atoms with Crippen LogP contribution in [0.1, 0.15) is 56.0 Å². The molecule has 9 rings (SSSR count). The topological polar surface area (TPSA) is 11.4 Å². The largest absolute Gasteiger partial charge is 0.323 e. The maximum atomic E-state index is 2.65. The molecular formula is C43H40BN3. The normalized spacial score (nSPS) is 14.8. The minimum Gasteiger partial charge on any atom is -0.323 e. The van der Waals surface area contributed by atoms with E-state index in [4.69, 9.17) is 0 Å². The van der Waals surface area contributed by atoms with Gasteiger partial charge in [0.2, 0.25) is 0 Å². The zero-order valence-corrected chi connectivity index (χ0v) is 27.8. The fourth-order valence-electron chi connectivity index (χ4n) is 8.47. The first-order valence-corrected chi connectivity index (χ1v) is 17.2. The van der Waals surface area contributed by atoms with E-state index >= 15 is 0 Å². The van der Waals surface area contributed by atoms with Gasteiger partial charge in [0.05, 0.1) is 5.69 Å². The molecule has 47 heavy (non-hydrogen) atoms. The predicted octanol–water partition coefficient (Wildman–Crippen LogP) is 9.04. The Balaban J connectivity index is 1.40. The van der Waals surface area contributed by atoms with Crippen molar-refractivity contribution in [1.82, 2.24) is 4.57 Å². The summed E-state index contributed by atoms with van der Waals surface area (Å²) in [6, 6.07) is 45.5. The lowest BCUT2D eigenvalue weighted by Crippen LogP contribution is -2.63. The zero-order valence-electron chi connectivity index (χ0n) is 27.8. The average Bonchev–Trinajstić information content (AvgIpc) is 3.43. The van der Waals surface area contributed by atoms with Crippen molar-refractivity contribution in [2.24, 2.45) is 0 Å². The molecule has 6 aromatic rings. The molecule has 1 aliphatic carbocycles. The van der Waals surface area contributed by atoms with Gasteiger partial charge in [0.25, 0.3) is 6.71 Å². The SMILES string of the molecule is Cc1cc2c3c(c1)N(c1ccccc1)c1c4c(n(-c5ccccc5)c1B3c1ccccc1N2c1ccc(C(C)(C)C)cc1)CCCC4. The highest BCUT2D eigenvalue weighted by molar-refractivity contribution is 7.00. The second-order valence-corrected chi connectivity index (χ2v) is 14.5. The molecule has 1 aromatic heterocycles. The lowest BCUT2D eigenvalue weighted by Gasteiger charge is -2.44. The summed E-state index contributed by atoms with van der Waals surface area (Å²) >= 11 is 0. The molecule has 0 atom stereocenters. The number of para-hydroxylation sites is 3. The third-order valence-electron chi connectivity index (χ3n) is 10.5. The van der Waals surface area contributed by atoms with Crippen LogP contribution >= 0.6 is 0 Å². The van der Waals surface area contributed by atoms with Crippen LogP contribution in [0.15, 0.2) is 121 Å². The molecular weight excluding hydrogens is 569 g/mol. The van der Waals surface area contributed by atoms with Crippen molar-refractivity contribution in [2.45, 2.75) is 58.8 Å². The van der Waals surface area contributed by atoms with E-state index in [1.165, 1.54) is 91.6 Å². The van der Waals surface area contributed by atoms with E-state index in [9.17, 15) is 0 Å². The van der Waals surface area contributed by atoms with E-state index in [0.29, 0.717) is 0 Å². The van der Waals surface area contributed by atoms with Crippen molar-refractivity contribution in [3.63, 3.8) is 0 Å². The number of hydrogen-bond acceptors (Lipinski definition) is 2. The second kappa shape index (κ2) is 10.5. The van der Waals surface area contributed by atoms with E-state index < -0.39 is 0 Å². The van der Waals surface area contributed by atoms with Gasteiger partial charge in [-0.05, 0) is 120 Å². The summed E-state index contributed by atoms with van der Waals surface area (Å²) in [5.41, 5.74) is 18.8. The van der Waals surface area contributed by atoms with E-state index in [1.807, 2.05) is 0 Å². The standard InChI is InChI=1S/C43H40BN3/c1-29-27-38-40-39(28-29)46(31-15-7-5-8-16-31)41-34-19-11-13-21-36(34)47(32-17-9-6-10-18-32)42(41)44(40)35-20-12-14-22-37(35)45(38)33-25-23-30(24-26-33)43(2,3)4/h5-10,12,14-18,20,22-28H,11,13,19,21H2,1-4H3. The predicted molar refractivity (Wildman–Crippen MR) is 200 cm³/mol. The maximum Gasteiger partial charge on any atom is 0.273 e. The van der Waals surface area contributed by atoms with Gasteiger partial charge in [0, 0.05) is 45.4 Å². The van der Waals surface area contributed by atoms with Crippen molar-refractivity contribution < 1.29 is 0 Å². The molecule has 4 heteroatoms. The number of aromatic nitrogens is 1. The molecule has 0 radical (unpaired) electrons. The van der Waals surface area contributed by atoms with Gasteiger partial charge in [-0.1, -0.05) is 87.5 Å². The third kappa shape index (κ3) is 4.27. The van der Waals surface area contributed by atoms with Gasteiger partial charge in [-0.3, -0.25) is 0 Å². The summed E-state index contributed by atoms with van der Waals surface area (Å²) in [6.07, 6.45) is 4.66. The van der Waals surface area contributed by atoms with Crippen LogP contribution in [-0.4, -0.2) is 11.3 Å². The van der Waals surface area contributed by atoms with E-state index in [0.717, 1.165) is 12.8 Å². The molecule has 0 amide bonds. The molecule has 230 valence electrons. The van der Waals surface area contributed by atoms with Crippen LogP contribution in [0.4, 0.5) is 34.1 Å². The molecule has 0 bridgehead atoms. The number of benzene rings is 5. The average molecular weight is 610 g/mol. The monoisotopic (exact) mass is 609 g/mol. The number of anilines is 6. The van der Waals surface area contributed by atoms with Crippen molar-refractivity contribution >= 4 is 57.4 Å². The molecule has 0 fully saturated rings. The summed E-state index contributed by atoms with van der Waals surface area (Å²) in [5.74, 6) is 0. The van der Waals surface area contributed by atoms with Gasteiger partial charge in [-0.25, -0.2) is 0 Å². The van der Waals surface area contributed by atoms with Gasteiger partial charge in [-0.2, -0.15) is 0 Å². The Morgan fingerprint density at radius 1 is 0.596 bits per heavy atom. The van der Waals surface area contributed by atoms with Gasteiger partial charge in [-0.15, -0.1) is 0 Å². The minimum atomic E-state index is 0.0977. The highest BCUT2D eigenvalue weighted by Crippen LogP contribution is 2.48. The molecule has 0 saturated heterocycles. The Bertz CT molecular complexity index is 2140. The van der Waals surface area contributed by atoms with Crippen LogP contribution in [-0.2, 0) is 18.3 Å². The maximum absolute atomic E-state index is 2.65. The molecule has 0 unspecified atom stereocenters. The van der Waals surface area contributed by atoms with Gasteiger partial charge >= 0.3 is 0 Å². The van der Waals surface area contributed by atoms with Gasteiger partial charge in [0.1, 0.15) is 0 Å². The molecule has 5 aromatic carbocycles. The van der Waals surface area contributed by atoms with Crippen LogP contribution in [0, 0.1) is 6.92 Å². The van der Waals surface area contributed by atoms with E-state index in [-0.39, 0.29) is 12.1 Å². The first kappa shape index (κ1) is 28.3. The molecule has 0 spiro atoms. The first-order valence-electron chi connectivity index (χ1n) is 17.2. The lowest BCUT2D eigenvalue weighted by atomic mass is 9.35. The Morgan fingerprint density at radius 2 is 1.19 bits per heavy atom. The van der Waals surface area contributed by atoms with E-state index in [2.05, 4.69) is 163 Å². The number of rotatable bonds is 3. The fourth-order valence-corrected chi connectivity index (χ4v) is 8.47. The highest BCUT2D eigenvalue weighted by atomic mass is 15.2. The second-order valence-electron chi connectivity index (χ2n) is 14.5. The van der Waals surface area contributed by atoms with Crippen molar-refractivity contribution in [1.29, 1.82) is 0 Å². The number of nitrogens with zero attached hydrogens (tertiary/aromatic N) is 3. The Labute approximate surface area is 279 Å². The van der Waals surface area contributed by atoms with Crippen LogP contribution < -0.4 is 26.3 Å². The molecule has 3 nitrogen and oxygen atoms in total. The minimum absolute atomic E-state index is 0.0977. The summed E-state index contributed by atoms with van der Waals surface area (Å²) in [6.45, 7) is 9.23. The van der Waals surface area contributed by atoms with Crippen LogP contribution in [0.2, 0.25) is 0 Å². The molecule has 3 heterocycles. The summed E-state index contributed by atoms with van der Waals surface area (Å²) in [4.78, 5) is 5.13. The fraction of sp³-hybridized carbons (Fsp3) is 0.209. The van der Waals surface area contributed by atoms with Crippen molar-refractivity contribution in [2.75, 3.05) is 9.80 Å². The summed E-state index contributed by atoms with van der Waals surface area (Å²) in [5, 5.41) is 0. The third-order valence-corrected chi connectivity index (χ3v) is 10.5. The van der Waals surface area contributed by atoms with Gasteiger partial charge < -0.3 is 14.4 Å². The first-order chi connectivity index (χ1) is 22.9. The number of aryl methyl sites for hydroxylation is 1. The molecule has 2 aliphatic heterocycles. The van der Waals surface area contributed by atoms with E-state index in [1.54, 1.807) is 0 Å². The van der Waals surface area contributed by atoms with Crippen LogP contribution in [0.5, 0.6) is 0 Å². The highest BCUT2D eigenvalue weighted by Gasteiger charge is 2.47. The summed E-state index contributed by atoms with van der Waals surface area (Å²) < 4.78 is 2.65. The quantitative estimate of drug-likeness (QED) is 0.185. The van der Waals surface area contributed by atoms with Gasteiger partial charge in [0.15, 0.2) is 0 Å². The number of fused-ring (bicyclic) bond motifs is 6. The number of hydrogen-bond donors (Lipinski definition) is 0. The molecule has 3 aliphatic rings. The van der Waals surface area contributed by atoms with Crippen LogP contribution in [0.25, 0.3) is 5.69 Å². The summed E-state index contributed by atoms with van der Waals surface area (Å²) in [7, 11) is 0. The Kier molecular flexibility index (Phi) is 6.34. The van der Waals surface area contributed by atoms with Crippen molar-refractivity contribution in [3.05, 3.63) is 144 Å². The Hall–Kier alpha value is -4.96. The van der Waals surface area contributed by atoms with Crippen molar-refractivity contribution in [3.8, 4) is 5.69 Å². The smallest absolute Gasteiger partial charge is 0.273 e. The molecule has 0 saturated carbocycles. The zero-order chi connectivity index (χ0) is 31.9. The van der Waals surface area contributed by atoms with Crippen LogP contribution in [0.3, 0.4) is 0 Å². The molecule has 0 N–H and O–H groups in total. The lowest BCUT2D eigenvalue weighted by molar-refractivity contribution is 0.590.